The van der Waals surface area contributed by atoms with Crippen LogP contribution in [0.5, 0.6) is 17.2 Å². The minimum absolute atomic E-state index is 0.275. The molecule has 158 valence electrons. The molecule has 1 amide bonds. The van der Waals surface area contributed by atoms with Crippen LogP contribution in [0.2, 0.25) is 0 Å². The highest BCUT2D eigenvalue weighted by atomic mass is 16.5. The van der Waals surface area contributed by atoms with Gasteiger partial charge in [-0.2, -0.15) is 5.10 Å². The average molecular weight is 418 g/mol. The monoisotopic (exact) mass is 418 g/mol. The van der Waals surface area contributed by atoms with Gasteiger partial charge >= 0.3 is 0 Å². The van der Waals surface area contributed by atoms with E-state index in [1.165, 1.54) is 0 Å². The van der Waals surface area contributed by atoms with Crippen LogP contribution in [0.3, 0.4) is 0 Å². The fourth-order valence-electron chi connectivity index (χ4n) is 3.37. The molecule has 0 atom stereocenters. The second kappa shape index (κ2) is 8.35. The Morgan fingerprint density at radius 1 is 0.968 bits per heavy atom. The molecule has 4 aromatic rings. The molecule has 31 heavy (non-hydrogen) atoms. The highest BCUT2D eigenvalue weighted by molar-refractivity contribution is 6.05. The number of ether oxygens (including phenoxy) is 3. The predicted octanol–water partition coefficient (Wildman–Crippen LogP) is 3.98. The lowest BCUT2D eigenvalue weighted by molar-refractivity contribution is 0.102. The predicted molar refractivity (Wildman–Crippen MR) is 117 cm³/mol. The van der Waals surface area contributed by atoms with Crippen molar-refractivity contribution in [2.24, 2.45) is 0 Å². The van der Waals surface area contributed by atoms with Crippen LogP contribution >= 0.6 is 0 Å². The van der Waals surface area contributed by atoms with E-state index in [1.807, 2.05) is 37.3 Å². The molecular formula is C23H22N4O4. The van der Waals surface area contributed by atoms with Crippen molar-refractivity contribution < 1.29 is 19.0 Å². The zero-order valence-corrected chi connectivity index (χ0v) is 17.7. The number of rotatable bonds is 6. The Hall–Kier alpha value is -4.07. The van der Waals surface area contributed by atoms with Gasteiger partial charge in [0.1, 0.15) is 5.75 Å². The van der Waals surface area contributed by atoms with Gasteiger partial charge in [0.25, 0.3) is 5.91 Å². The maximum atomic E-state index is 12.8. The molecule has 0 fully saturated rings. The second-order valence-electron chi connectivity index (χ2n) is 6.81. The van der Waals surface area contributed by atoms with Gasteiger partial charge in [0.2, 0.25) is 0 Å². The number of benzene rings is 2. The van der Waals surface area contributed by atoms with Crippen molar-refractivity contribution in [2.45, 2.75) is 6.92 Å². The smallest absolute Gasteiger partial charge is 0.259 e. The fourth-order valence-corrected chi connectivity index (χ4v) is 3.37. The summed E-state index contributed by atoms with van der Waals surface area (Å²) in [6.45, 7) is 1.83. The minimum atomic E-state index is -0.275. The van der Waals surface area contributed by atoms with Gasteiger partial charge < -0.3 is 19.5 Å². The lowest BCUT2D eigenvalue weighted by atomic mass is 10.1. The summed E-state index contributed by atoms with van der Waals surface area (Å²) in [5, 5.41) is 7.33. The standard InChI is InChI=1S/C23H22N4O4/c1-14-18(23(28)26-16-6-5-7-17(11-16)29-2)12-24-22-19(13-25-27(14)22)15-8-9-20(30-3)21(10-15)31-4/h5-13H,1-4H3,(H,26,28). The quantitative estimate of drug-likeness (QED) is 0.510. The van der Waals surface area contributed by atoms with Crippen LogP contribution in [-0.2, 0) is 0 Å². The first-order chi connectivity index (χ1) is 15.0. The van der Waals surface area contributed by atoms with E-state index in [4.69, 9.17) is 14.2 Å². The van der Waals surface area contributed by atoms with Gasteiger partial charge in [-0.3, -0.25) is 4.79 Å². The summed E-state index contributed by atoms with van der Waals surface area (Å²) in [6, 6.07) is 12.8. The Labute approximate surface area is 179 Å². The van der Waals surface area contributed by atoms with Gasteiger partial charge in [0.05, 0.1) is 38.8 Å². The van der Waals surface area contributed by atoms with Crippen LogP contribution < -0.4 is 19.5 Å². The van der Waals surface area contributed by atoms with Crippen LogP contribution in [0.15, 0.2) is 54.9 Å². The van der Waals surface area contributed by atoms with E-state index < -0.39 is 0 Å². The van der Waals surface area contributed by atoms with Crippen molar-refractivity contribution in [1.29, 1.82) is 0 Å². The molecule has 0 spiro atoms. The molecule has 0 saturated carbocycles. The number of amides is 1. The number of hydrogen-bond acceptors (Lipinski definition) is 6. The molecule has 0 radical (unpaired) electrons. The largest absolute Gasteiger partial charge is 0.497 e. The summed E-state index contributed by atoms with van der Waals surface area (Å²) in [4.78, 5) is 17.4. The third kappa shape index (κ3) is 3.75. The molecule has 2 aromatic carbocycles. The summed E-state index contributed by atoms with van der Waals surface area (Å²) in [5.74, 6) is 1.65. The minimum Gasteiger partial charge on any atom is -0.497 e. The normalized spacial score (nSPS) is 10.7. The molecule has 0 unspecified atom stereocenters. The maximum absolute atomic E-state index is 12.8. The zero-order valence-electron chi connectivity index (χ0n) is 17.7. The SMILES string of the molecule is COc1cccc(NC(=O)c2cnc3c(-c4ccc(OC)c(OC)c4)cnn3c2C)c1. The molecule has 1 N–H and O–H groups in total. The lowest BCUT2D eigenvalue weighted by Crippen LogP contribution is -2.16. The summed E-state index contributed by atoms with van der Waals surface area (Å²) in [6.07, 6.45) is 3.28. The molecule has 0 aliphatic rings. The highest BCUT2D eigenvalue weighted by Gasteiger charge is 2.17. The van der Waals surface area contributed by atoms with Crippen molar-refractivity contribution in [1.82, 2.24) is 14.6 Å². The van der Waals surface area contributed by atoms with E-state index in [9.17, 15) is 4.79 Å². The van der Waals surface area contributed by atoms with E-state index in [2.05, 4.69) is 15.4 Å². The van der Waals surface area contributed by atoms with E-state index in [-0.39, 0.29) is 5.91 Å². The van der Waals surface area contributed by atoms with Crippen molar-refractivity contribution in [3.05, 3.63) is 66.1 Å². The summed E-state index contributed by atoms with van der Waals surface area (Å²) in [5.41, 5.74) is 4.09. The van der Waals surface area contributed by atoms with Crippen molar-refractivity contribution >= 4 is 17.2 Å². The van der Waals surface area contributed by atoms with Gasteiger partial charge in [-0.15, -0.1) is 0 Å². The first-order valence-corrected chi connectivity index (χ1v) is 9.57. The van der Waals surface area contributed by atoms with Crippen LogP contribution in [0.4, 0.5) is 5.69 Å². The number of nitrogens with zero attached hydrogens (tertiary/aromatic N) is 3. The number of carbonyl (C=O) groups is 1. The number of aryl methyl sites for hydroxylation is 1. The zero-order chi connectivity index (χ0) is 22.0. The van der Waals surface area contributed by atoms with Gasteiger partial charge in [0, 0.05) is 23.5 Å². The molecule has 0 aliphatic carbocycles. The summed E-state index contributed by atoms with van der Waals surface area (Å²) >= 11 is 0. The number of carbonyl (C=O) groups excluding carboxylic acids is 1. The Morgan fingerprint density at radius 3 is 2.52 bits per heavy atom. The fraction of sp³-hybridized carbons (Fsp3) is 0.174. The molecule has 2 heterocycles. The molecular weight excluding hydrogens is 396 g/mol. The van der Waals surface area contributed by atoms with Gasteiger partial charge in [-0.1, -0.05) is 12.1 Å². The van der Waals surface area contributed by atoms with E-state index in [1.54, 1.807) is 50.4 Å². The number of methoxy groups -OCH3 is 3. The molecule has 8 nitrogen and oxygen atoms in total. The van der Waals surface area contributed by atoms with E-state index in [0.29, 0.717) is 39.8 Å². The molecule has 2 aromatic heterocycles. The van der Waals surface area contributed by atoms with E-state index >= 15 is 0 Å². The van der Waals surface area contributed by atoms with Crippen LogP contribution in [0, 0.1) is 6.92 Å². The summed E-state index contributed by atoms with van der Waals surface area (Å²) in [7, 11) is 4.76. The molecule has 0 aliphatic heterocycles. The Bertz CT molecular complexity index is 1270. The molecule has 0 saturated heterocycles. The van der Waals surface area contributed by atoms with Gasteiger partial charge in [0.15, 0.2) is 17.1 Å². The van der Waals surface area contributed by atoms with Crippen LogP contribution in [0.25, 0.3) is 16.8 Å². The highest BCUT2D eigenvalue weighted by Crippen LogP contribution is 2.33. The van der Waals surface area contributed by atoms with Crippen molar-refractivity contribution in [2.75, 3.05) is 26.6 Å². The Morgan fingerprint density at radius 2 is 1.77 bits per heavy atom. The molecule has 0 bridgehead atoms. The number of fused-ring (bicyclic) bond motifs is 1. The van der Waals surface area contributed by atoms with Crippen molar-refractivity contribution in [3.8, 4) is 28.4 Å². The van der Waals surface area contributed by atoms with Gasteiger partial charge in [-0.25, -0.2) is 9.50 Å². The second-order valence-corrected chi connectivity index (χ2v) is 6.81. The number of anilines is 1. The average Bonchev–Trinajstić information content (AvgIpc) is 3.24. The lowest BCUT2D eigenvalue weighted by Gasteiger charge is -2.11. The molecule has 4 rings (SSSR count). The number of hydrogen-bond donors (Lipinski definition) is 1. The topological polar surface area (TPSA) is 87.0 Å². The molecule has 8 heteroatoms. The van der Waals surface area contributed by atoms with Crippen LogP contribution in [0.1, 0.15) is 16.1 Å². The number of nitrogens with one attached hydrogen (secondary N) is 1. The van der Waals surface area contributed by atoms with Crippen molar-refractivity contribution in [3.63, 3.8) is 0 Å². The summed E-state index contributed by atoms with van der Waals surface area (Å²) < 4.78 is 17.6. The van der Waals surface area contributed by atoms with Crippen LogP contribution in [-0.4, -0.2) is 41.8 Å². The van der Waals surface area contributed by atoms with E-state index in [0.717, 1.165) is 11.1 Å². The third-order valence-corrected chi connectivity index (χ3v) is 5.03. The Kier molecular flexibility index (Phi) is 5.44. The first kappa shape index (κ1) is 20.2. The maximum Gasteiger partial charge on any atom is 0.259 e. The first-order valence-electron chi connectivity index (χ1n) is 9.57. The number of aromatic nitrogens is 3. The third-order valence-electron chi connectivity index (χ3n) is 5.03. The van der Waals surface area contributed by atoms with Gasteiger partial charge in [-0.05, 0) is 36.8 Å². The Balaban J connectivity index is 1.69.